The highest BCUT2D eigenvalue weighted by Gasteiger charge is 2.34. The molecule has 1 aliphatic rings. The predicted octanol–water partition coefficient (Wildman–Crippen LogP) is 2.56. The molecule has 6 nitrogen and oxygen atoms in total. The number of para-hydroxylation sites is 1. The highest BCUT2D eigenvalue weighted by molar-refractivity contribution is 6.13. The monoisotopic (exact) mass is 348 g/mol. The second-order valence-electron chi connectivity index (χ2n) is 6.20. The Hall–Kier alpha value is -3.41. The molecule has 0 unspecified atom stereocenters. The molecule has 0 atom stereocenters. The number of rotatable bonds is 3. The number of benzene rings is 2. The second kappa shape index (κ2) is 6.15. The lowest BCUT2D eigenvalue weighted by Gasteiger charge is -2.26. The molecule has 1 aromatic heterocycles. The standard InChI is InChI=1S/C20H16N2O4/c23-17(24)12-22-16-9-5-4-8-14(16)15-10-11-21(20(26)18(15)22)19(25)13-6-2-1-3-7-13/h1-9H,10-12H2,(H,23,24). The van der Waals surface area contributed by atoms with Crippen LogP contribution in [0.4, 0.5) is 0 Å². The third-order valence-corrected chi connectivity index (χ3v) is 4.67. The molecule has 6 heteroatoms. The molecule has 130 valence electrons. The fourth-order valence-corrected chi connectivity index (χ4v) is 3.56. The van der Waals surface area contributed by atoms with E-state index in [-0.39, 0.29) is 19.0 Å². The number of aliphatic carboxylic acids is 1. The van der Waals surface area contributed by atoms with Gasteiger partial charge in [0.2, 0.25) is 0 Å². The molecule has 0 radical (unpaired) electrons. The van der Waals surface area contributed by atoms with Crippen molar-refractivity contribution >= 4 is 28.7 Å². The maximum atomic E-state index is 13.1. The average Bonchev–Trinajstić information content (AvgIpc) is 2.97. The molecule has 0 saturated heterocycles. The second-order valence-corrected chi connectivity index (χ2v) is 6.20. The van der Waals surface area contributed by atoms with Crippen LogP contribution in [0, 0.1) is 0 Å². The van der Waals surface area contributed by atoms with Gasteiger partial charge >= 0.3 is 5.97 Å². The van der Waals surface area contributed by atoms with Gasteiger partial charge in [-0.15, -0.1) is 0 Å². The topological polar surface area (TPSA) is 79.6 Å². The Kier molecular flexibility index (Phi) is 3.80. The van der Waals surface area contributed by atoms with E-state index in [0.717, 1.165) is 10.9 Å². The smallest absolute Gasteiger partial charge is 0.323 e. The molecular formula is C20H16N2O4. The van der Waals surface area contributed by atoms with Crippen molar-refractivity contribution in [1.29, 1.82) is 0 Å². The Balaban J connectivity index is 1.83. The summed E-state index contributed by atoms with van der Waals surface area (Å²) in [6.45, 7) is -0.0460. The lowest BCUT2D eigenvalue weighted by molar-refractivity contribution is -0.137. The van der Waals surface area contributed by atoms with E-state index in [0.29, 0.717) is 23.2 Å². The third-order valence-electron chi connectivity index (χ3n) is 4.67. The fraction of sp³-hybridized carbons (Fsp3) is 0.150. The highest BCUT2D eigenvalue weighted by Crippen LogP contribution is 2.31. The number of aromatic nitrogens is 1. The van der Waals surface area contributed by atoms with E-state index < -0.39 is 11.9 Å². The number of carbonyl (C=O) groups excluding carboxylic acids is 2. The largest absolute Gasteiger partial charge is 0.480 e. The van der Waals surface area contributed by atoms with Crippen molar-refractivity contribution in [3.8, 4) is 0 Å². The van der Waals surface area contributed by atoms with E-state index in [2.05, 4.69) is 0 Å². The molecule has 0 bridgehead atoms. The van der Waals surface area contributed by atoms with Gasteiger partial charge in [-0.1, -0.05) is 36.4 Å². The molecule has 2 amide bonds. The first-order valence-corrected chi connectivity index (χ1v) is 8.31. The minimum absolute atomic E-state index is 0.278. The van der Waals surface area contributed by atoms with Gasteiger partial charge < -0.3 is 9.67 Å². The zero-order valence-electron chi connectivity index (χ0n) is 13.9. The van der Waals surface area contributed by atoms with Crippen LogP contribution in [-0.4, -0.2) is 38.9 Å². The zero-order chi connectivity index (χ0) is 18.3. The molecule has 26 heavy (non-hydrogen) atoms. The number of amides is 2. The van der Waals surface area contributed by atoms with Gasteiger partial charge in [0.25, 0.3) is 11.8 Å². The normalized spacial score (nSPS) is 13.7. The number of hydrogen-bond acceptors (Lipinski definition) is 3. The van der Waals surface area contributed by atoms with Crippen molar-refractivity contribution in [2.75, 3.05) is 6.54 Å². The predicted molar refractivity (Wildman–Crippen MR) is 95.1 cm³/mol. The molecule has 2 aromatic carbocycles. The van der Waals surface area contributed by atoms with E-state index in [1.54, 1.807) is 36.4 Å². The molecule has 0 fully saturated rings. The third kappa shape index (κ3) is 2.47. The first-order valence-electron chi connectivity index (χ1n) is 8.31. The number of fused-ring (bicyclic) bond motifs is 3. The maximum Gasteiger partial charge on any atom is 0.323 e. The van der Waals surface area contributed by atoms with E-state index >= 15 is 0 Å². The van der Waals surface area contributed by atoms with E-state index in [1.165, 1.54) is 9.47 Å². The molecule has 0 saturated carbocycles. The first kappa shape index (κ1) is 16.1. The summed E-state index contributed by atoms with van der Waals surface area (Å²) in [5, 5.41) is 10.1. The molecule has 0 aliphatic carbocycles. The van der Waals surface area contributed by atoms with Crippen LogP contribution in [-0.2, 0) is 17.8 Å². The van der Waals surface area contributed by atoms with Gasteiger partial charge in [-0.3, -0.25) is 19.3 Å². The summed E-state index contributed by atoms with van der Waals surface area (Å²) < 4.78 is 1.50. The fourth-order valence-electron chi connectivity index (χ4n) is 3.56. The van der Waals surface area contributed by atoms with E-state index in [1.807, 2.05) is 18.2 Å². The number of imide groups is 1. The molecule has 2 heterocycles. The van der Waals surface area contributed by atoms with Crippen LogP contribution >= 0.6 is 0 Å². The van der Waals surface area contributed by atoms with Gasteiger partial charge in [-0.05, 0) is 30.2 Å². The minimum atomic E-state index is -1.03. The van der Waals surface area contributed by atoms with Gasteiger partial charge in [0, 0.05) is 23.0 Å². The summed E-state index contributed by atoms with van der Waals surface area (Å²) in [7, 11) is 0. The summed E-state index contributed by atoms with van der Waals surface area (Å²) in [6, 6.07) is 16.0. The van der Waals surface area contributed by atoms with Gasteiger partial charge in [0.15, 0.2) is 0 Å². The summed E-state index contributed by atoms with van der Waals surface area (Å²) in [5.74, 6) is -1.85. The Morgan fingerprint density at radius 1 is 1.00 bits per heavy atom. The molecular weight excluding hydrogens is 332 g/mol. The Bertz CT molecular complexity index is 1040. The van der Waals surface area contributed by atoms with Crippen molar-refractivity contribution in [2.24, 2.45) is 0 Å². The van der Waals surface area contributed by atoms with Crippen LogP contribution in [0.15, 0.2) is 54.6 Å². The number of hydrogen-bond donors (Lipinski definition) is 1. The van der Waals surface area contributed by atoms with Crippen LogP contribution in [0.3, 0.4) is 0 Å². The van der Waals surface area contributed by atoms with Gasteiger partial charge in [-0.25, -0.2) is 0 Å². The summed E-state index contributed by atoms with van der Waals surface area (Å²) in [6.07, 6.45) is 0.507. The lowest BCUT2D eigenvalue weighted by atomic mass is 10.0. The average molecular weight is 348 g/mol. The van der Waals surface area contributed by atoms with Crippen LogP contribution in [0.25, 0.3) is 10.9 Å². The van der Waals surface area contributed by atoms with Gasteiger partial charge in [0.05, 0.1) is 0 Å². The molecule has 0 spiro atoms. The van der Waals surface area contributed by atoms with E-state index in [9.17, 15) is 19.5 Å². The first-order chi connectivity index (χ1) is 12.6. The number of nitrogens with zero attached hydrogens (tertiary/aromatic N) is 2. The minimum Gasteiger partial charge on any atom is -0.480 e. The van der Waals surface area contributed by atoms with Crippen LogP contribution in [0.1, 0.15) is 26.4 Å². The van der Waals surface area contributed by atoms with Crippen LogP contribution < -0.4 is 0 Å². The highest BCUT2D eigenvalue weighted by atomic mass is 16.4. The molecule has 4 rings (SSSR count). The van der Waals surface area contributed by atoms with Crippen molar-refractivity contribution in [1.82, 2.24) is 9.47 Å². The lowest BCUT2D eigenvalue weighted by Crippen LogP contribution is -2.43. The quantitative estimate of drug-likeness (QED) is 0.738. The number of carboxylic acid groups (broad SMARTS) is 1. The van der Waals surface area contributed by atoms with Gasteiger partial charge in [-0.2, -0.15) is 0 Å². The zero-order valence-corrected chi connectivity index (χ0v) is 13.9. The summed E-state index contributed by atoms with van der Waals surface area (Å²) in [5.41, 5.74) is 2.24. The van der Waals surface area contributed by atoms with Crippen molar-refractivity contribution < 1.29 is 19.5 Å². The van der Waals surface area contributed by atoms with Crippen molar-refractivity contribution in [2.45, 2.75) is 13.0 Å². The van der Waals surface area contributed by atoms with Crippen LogP contribution in [0.2, 0.25) is 0 Å². The van der Waals surface area contributed by atoms with Gasteiger partial charge in [0.1, 0.15) is 12.2 Å². The SMILES string of the molecule is O=C(O)Cn1c2c(c3ccccc31)CCN(C(=O)c1ccccc1)C2=O. The Morgan fingerprint density at radius 2 is 1.69 bits per heavy atom. The molecule has 1 N–H and O–H groups in total. The van der Waals surface area contributed by atoms with Crippen LogP contribution in [0.5, 0.6) is 0 Å². The summed E-state index contributed by atoms with van der Waals surface area (Å²) in [4.78, 5) is 38.4. The number of carboxylic acids is 1. The molecule has 3 aromatic rings. The Morgan fingerprint density at radius 3 is 2.42 bits per heavy atom. The van der Waals surface area contributed by atoms with Crippen molar-refractivity contribution in [3.63, 3.8) is 0 Å². The van der Waals surface area contributed by atoms with Crippen molar-refractivity contribution in [3.05, 3.63) is 71.4 Å². The van der Waals surface area contributed by atoms with E-state index in [4.69, 9.17) is 0 Å². The Labute approximate surface area is 149 Å². The number of carbonyl (C=O) groups is 3. The summed E-state index contributed by atoms with van der Waals surface area (Å²) >= 11 is 0. The molecule has 1 aliphatic heterocycles. The maximum absolute atomic E-state index is 13.1.